The number of esters is 1. The van der Waals surface area contributed by atoms with Crippen molar-refractivity contribution in [3.8, 4) is 5.75 Å². The molecule has 0 aliphatic rings. The first-order chi connectivity index (χ1) is 9.49. The summed E-state index contributed by atoms with van der Waals surface area (Å²) < 4.78 is 7.16. The second kappa shape index (κ2) is 5.77. The SMILES string of the molecule is CC(=O)Oc1cccn2ccc(CCN(C)C(C)=O)c12. The minimum atomic E-state index is -0.342. The smallest absolute Gasteiger partial charge is 0.308 e. The summed E-state index contributed by atoms with van der Waals surface area (Å²) in [5, 5.41) is 0. The monoisotopic (exact) mass is 274 g/mol. The lowest BCUT2D eigenvalue weighted by Crippen LogP contribution is -2.26. The van der Waals surface area contributed by atoms with Crippen LogP contribution in [0.1, 0.15) is 19.4 Å². The Kier molecular flexibility index (Phi) is 4.08. The topological polar surface area (TPSA) is 51.0 Å². The third-order valence-corrected chi connectivity index (χ3v) is 3.23. The highest BCUT2D eigenvalue weighted by Crippen LogP contribution is 2.25. The zero-order chi connectivity index (χ0) is 14.7. The van der Waals surface area contributed by atoms with Crippen molar-refractivity contribution in [2.75, 3.05) is 13.6 Å². The van der Waals surface area contributed by atoms with E-state index < -0.39 is 0 Å². The molecule has 0 atom stereocenters. The highest BCUT2D eigenvalue weighted by atomic mass is 16.5. The number of aromatic nitrogens is 1. The van der Waals surface area contributed by atoms with Crippen molar-refractivity contribution in [3.05, 3.63) is 36.2 Å². The average Bonchev–Trinajstić information content (AvgIpc) is 2.79. The Bertz CT molecular complexity index is 646. The fraction of sp³-hybridized carbons (Fsp3) is 0.333. The van der Waals surface area contributed by atoms with Crippen LogP contribution in [-0.2, 0) is 16.0 Å². The molecule has 2 rings (SSSR count). The fourth-order valence-electron chi connectivity index (χ4n) is 2.09. The largest absolute Gasteiger partial charge is 0.424 e. The van der Waals surface area contributed by atoms with Crippen LogP contribution < -0.4 is 4.74 Å². The molecule has 0 unspecified atom stereocenters. The lowest BCUT2D eigenvalue weighted by molar-refractivity contribution is -0.131. The number of amides is 1. The summed E-state index contributed by atoms with van der Waals surface area (Å²) >= 11 is 0. The predicted molar refractivity (Wildman–Crippen MR) is 75.7 cm³/mol. The quantitative estimate of drug-likeness (QED) is 0.800. The predicted octanol–water partition coefficient (Wildman–Crippen LogP) is 1.89. The van der Waals surface area contributed by atoms with Crippen molar-refractivity contribution >= 4 is 17.4 Å². The van der Waals surface area contributed by atoms with Crippen molar-refractivity contribution in [2.24, 2.45) is 0 Å². The minimum Gasteiger partial charge on any atom is -0.424 e. The minimum absolute atomic E-state index is 0.0359. The Hall–Kier alpha value is -2.30. The van der Waals surface area contributed by atoms with E-state index >= 15 is 0 Å². The number of carbonyl (C=O) groups excluding carboxylic acids is 2. The maximum Gasteiger partial charge on any atom is 0.308 e. The number of pyridine rings is 1. The summed E-state index contributed by atoms with van der Waals surface area (Å²) in [7, 11) is 1.77. The van der Waals surface area contributed by atoms with Gasteiger partial charge in [0.1, 0.15) is 0 Å². The number of hydrogen-bond donors (Lipinski definition) is 0. The molecule has 2 aromatic heterocycles. The van der Waals surface area contributed by atoms with Crippen molar-refractivity contribution in [3.63, 3.8) is 0 Å². The highest BCUT2D eigenvalue weighted by molar-refractivity contribution is 5.76. The molecule has 0 N–H and O–H groups in total. The van der Waals surface area contributed by atoms with Crippen molar-refractivity contribution in [2.45, 2.75) is 20.3 Å². The molecule has 0 bridgehead atoms. The van der Waals surface area contributed by atoms with E-state index in [1.54, 1.807) is 24.9 Å². The van der Waals surface area contributed by atoms with Gasteiger partial charge in [-0.3, -0.25) is 9.59 Å². The number of fused-ring (bicyclic) bond motifs is 1. The van der Waals surface area contributed by atoms with E-state index in [1.807, 2.05) is 28.9 Å². The Labute approximate surface area is 117 Å². The van der Waals surface area contributed by atoms with Crippen LogP contribution in [0.15, 0.2) is 30.6 Å². The van der Waals surface area contributed by atoms with Gasteiger partial charge in [0, 0.05) is 39.8 Å². The maximum absolute atomic E-state index is 11.2. The zero-order valence-electron chi connectivity index (χ0n) is 11.9. The molecule has 2 heterocycles. The van der Waals surface area contributed by atoms with E-state index in [4.69, 9.17) is 4.74 Å². The summed E-state index contributed by atoms with van der Waals surface area (Å²) in [5.41, 5.74) is 1.93. The fourth-order valence-corrected chi connectivity index (χ4v) is 2.09. The summed E-state index contributed by atoms with van der Waals surface area (Å²) in [5.74, 6) is 0.241. The van der Waals surface area contributed by atoms with Gasteiger partial charge in [-0.05, 0) is 30.2 Å². The molecule has 0 saturated carbocycles. The van der Waals surface area contributed by atoms with Gasteiger partial charge in [-0.15, -0.1) is 0 Å². The molecule has 0 fully saturated rings. The summed E-state index contributed by atoms with van der Waals surface area (Å²) in [6.07, 6.45) is 4.54. The van der Waals surface area contributed by atoms with Gasteiger partial charge in [-0.2, -0.15) is 0 Å². The van der Waals surface area contributed by atoms with Gasteiger partial charge in [0.05, 0.1) is 5.52 Å². The number of hydrogen-bond acceptors (Lipinski definition) is 3. The van der Waals surface area contributed by atoms with Crippen LogP contribution in [0.4, 0.5) is 0 Å². The second-order valence-electron chi connectivity index (χ2n) is 4.75. The van der Waals surface area contributed by atoms with Gasteiger partial charge in [-0.25, -0.2) is 0 Å². The Morgan fingerprint density at radius 2 is 2.00 bits per heavy atom. The molecule has 1 amide bonds. The van der Waals surface area contributed by atoms with E-state index in [9.17, 15) is 9.59 Å². The van der Waals surface area contributed by atoms with Crippen LogP contribution in [0.2, 0.25) is 0 Å². The molecular weight excluding hydrogens is 256 g/mol. The first-order valence-corrected chi connectivity index (χ1v) is 6.47. The third-order valence-electron chi connectivity index (χ3n) is 3.23. The zero-order valence-corrected chi connectivity index (χ0v) is 11.9. The summed E-state index contributed by atoms with van der Waals surface area (Å²) in [4.78, 5) is 24.1. The number of nitrogens with zero attached hydrogens (tertiary/aromatic N) is 2. The molecule has 20 heavy (non-hydrogen) atoms. The van der Waals surface area contributed by atoms with Gasteiger partial charge >= 0.3 is 5.97 Å². The molecule has 5 nitrogen and oxygen atoms in total. The van der Waals surface area contributed by atoms with Crippen molar-refractivity contribution in [1.29, 1.82) is 0 Å². The van der Waals surface area contributed by atoms with Crippen LogP contribution in [0.3, 0.4) is 0 Å². The summed E-state index contributed by atoms with van der Waals surface area (Å²) in [6, 6.07) is 5.59. The van der Waals surface area contributed by atoms with Gasteiger partial charge in [0.15, 0.2) is 5.75 Å². The average molecular weight is 274 g/mol. The lowest BCUT2D eigenvalue weighted by atomic mass is 10.2. The highest BCUT2D eigenvalue weighted by Gasteiger charge is 2.11. The van der Waals surface area contributed by atoms with Crippen LogP contribution in [-0.4, -0.2) is 34.8 Å². The molecule has 0 aliphatic heterocycles. The normalized spacial score (nSPS) is 10.6. The summed E-state index contributed by atoms with van der Waals surface area (Å²) in [6.45, 7) is 3.56. The van der Waals surface area contributed by atoms with Gasteiger partial charge in [0.25, 0.3) is 0 Å². The second-order valence-corrected chi connectivity index (χ2v) is 4.75. The Morgan fingerprint density at radius 1 is 1.25 bits per heavy atom. The molecule has 106 valence electrons. The molecular formula is C15H18N2O3. The van der Waals surface area contributed by atoms with Gasteiger partial charge in [-0.1, -0.05) is 0 Å². The first-order valence-electron chi connectivity index (χ1n) is 6.47. The number of likely N-dealkylation sites (N-methyl/N-ethyl adjacent to an activating group) is 1. The van der Waals surface area contributed by atoms with E-state index in [-0.39, 0.29) is 11.9 Å². The van der Waals surface area contributed by atoms with Crippen molar-refractivity contribution in [1.82, 2.24) is 9.30 Å². The van der Waals surface area contributed by atoms with Crippen molar-refractivity contribution < 1.29 is 14.3 Å². The number of rotatable bonds is 4. The van der Waals surface area contributed by atoms with Gasteiger partial charge < -0.3 is 14.0 Å². The van der Waals surface area contributed by atoms with E-state index in [2.05, 4.69) is 0 Å². The molecule has 5 heteroatoms. The molecule has 0 radical (unpaired) electrons. The standard InChI is InChI=1S/C15H18N2O3/c1-11(18)16(3)9-6-13-7-10-17-8-4-5-14(15(13)17)20-12(2)19/h4-5,7-8,10H,6,9H2,1-3H3. The third kappa shape index (κ3) is 2.99. The Morgan fingerprint density at radius 3 is 2.65 bits per heavy atom. The molecule has 0 aliphatic carbocycles. The van der Waals surface area contributed by atoms with Gasteiger partial charge in [0.2, 0.25) is 5.91 Å². The van der Waals surface area contributed by atoms with Crippen LogP contribution in [0.25, 0.3) is 5.52 Å². The van der Waals surface area contributed by atoms with E-state index in [0.29, 0.717) is 18.7 Å². The first kappa shape index (κ1) is 14.1. The molecule has 0 saturated heterocycles. The van der Waals surface area contributed by atoms with E-state index in [0.717, 1.165) is 11.1 Å². The number of carbonyl (C=O) groups is 2. The number of ether oxygens (including phenoxy) is 1. The van der Waals surface area contributed by atoms with E-state index in [1.165, 1.54) is 6.92 Å². The maximum atomic E-state index is 11.2. The molecule has 2 aromatic rings. The van der Waals surface area contributed by atoms with Crippen LogP contribution >= 0.6 is 0 Å². The van der Waals surface area contributed by atoms with Crippen LogP contribution in [0, 0.1) is 0 Å². The van der Waals surface area contributed by atoms with Crippen LogP contribution in [0.5, 0.6) is 5.75 Å². The Balaban J connectivity index is 2.29. The lowest BCUT2D eigenvalue weighted by Gasteiger charge is -2.14. The molecule has 0 aromatic carbocycles. The molecule has 0 spiro atoms.